The molecule has 0 aromatic heterocycles. The molecule has 1 aliphatic rings. The number of benzene rings is 1. The van der Waals surface area contributed by atoms with Gasteiger partial charge in [0.2, 0.25) is 5.91 Å². The topological polar surface area (TPSA) is 72.2 Å². The molecule has 114 valence electrons. The molecule has 21 heavy (non-hydrogen) atoms. The highest BCUT2D eigenvalue weighted by atomic mass is 16.6. The van der Waals surface area contributed by atoms with Gasteiger partial charge in [0.05, 0.1) is 4.92 Å². The Morgan fingerprint density at radius 1 is 1.29 bits per heavy atom. The summed E-state index contributed by atoms with van der Waals surface area (Å²) in [7, 11) is 0. The minimum atomic E-state index is -0.412. The highest BCUT2D eigenvalue weighted by Crippen LogP contribution is 2.23. The molecule has 0 aliphatic heterocycles. The SMILES string of the molecule is CC(CC(=O)NC1CCCCC1)c1ccc([N+](=O)[O-])cc1. The van der Waals surface area contributed by atoms with Gasteiger partial charge in [0.1, 0.15) is 0 Å². The molecule has 1 atom stereocenters. The first-order chi connectivity index (χ1) is 10.1. The molecule has 1 amide bonds. The van der Waals surface area contributed by atoms with Gasteiger partial charge < -0.3 is 5.32 Å². The van der Waals surface area contributed by atoms with Gasteiger partial charge >= 0.3 is 0 Å². The molecule has 1 fully saturated rings. The quantitative estimate of drug-likeness (QED) is 0.666. The zero-order chi connectivity index (χ0) is 15.2. The summed E-state index contributed by atoms with van der Waals surface area (Å²) in [4.78, 5) is 22.3. The molecule has 2 rings (SSSR count). The molecule has 1 aromatic carbocycles. The summed E-state index contributed by atoms with van der Waals surface area (Å²) < 4.78 is 0. The van der Waals surface area contributed by atoms with Crippen LogP contribution in [0.3, 0.4) is 0 Å². The van der Waals surface area contributed by atoms with E-state index in [-0.39, 0.29) is 17.5 Å². The van der Waals surface area contributed by atoms with Crippen molar-refractivity contribution >= 4 is 11.6 Å². The Kier molecular flexibility index (Phi) is 5.31. The average molecular weight is 290 g/mol. The van der Waals surface area contributed by atoms with Crippen LogP contribution in [0.5, 0.6) is 0 Å². The van der Waals surface area contributed by atoms with E-state index < -0.39 is 4.92 Å². The predicted molar refractivity (Wildman–Crippen MR) is 81.1 cm³/mol. The van der Waals surface area contributed by atoms with E-state index in [0.29, 0.717) is 12.5 Å². The highest BCUT2D eigenvalue weighted by Gasteiger charge is 2.18. The lowest BCUT2D eigenvalue weighted by Crippen LogP contribution is -2.36. The first kappa shape index (κ1) is 15.5. The van der Waals surface area contributed by atoms with Crippen molar-refractivity contribution in [1.82, 2.24) is 5.32 Å². The van der Waals surface area contributed by atoms with Crippen molar-refractivity contribution in [3.63, 3.8) is 0 Å². The largest absolute Gasteiger partial charge is 0.353 e. The van der Waals surface area contributed by atoms with Crippen LogP contribution in [-0.4, -0.2) is 16.9 Å². The number of hydrogen-bond donors (Lipinski definition) is 1. The summed E-state index contributed by atoms with van der Waals surface area (Å²) >= 11 is 0. The Labute approximate surface area is 124 Å². The second kappa shape index (κ2) is 7.20. The fourth-order valence-electron chi connectivity index (χ4n) is 2.85. The van der Waals surface area contributed by atoms with Crippen LogP contribution in [0.2, 0.25) is 0 Å². The number of nitrogens with zero attached hydrogens (tertiary/aromatic N) is 1. The second-order valence-corrected chi connectivity index (χ2v) is 5.86. The fraction of sp³-hybridized carbons (Fsp3) is 0.562. The second-order valence-electron chi connectivity index (χ2n) is 5.86. The minimum absolute atomic E-state index is 0.0643. The summed E-state index contributed by atoms with van der Waals surface area (Å²) in [5.74, 6) is 0.141. The van der Waals surface area contributed by atoms with Crippen LogP contribution in [0, 0.1) is 10.1 Å². The molecule has 5 nitrogen and oxygen atoms in total. The van der Waals surface area contributed by atoms with E-state index in [0.717, 1.165) is 18.4 Å². The highest BCUT2D eigenvalue weighted by molar-refractivity contribution is 5.77. The molecule has 0 heterocycles. The Hall–Kier alpha value is -1.91. The van der Waals surface area contributed by atoms with Gasteiger partial charge in [-0.2, -0.15) is 0 Å². The monoisotopic (exact) mass is 290 g/mol. The number of hydrogen-bond acceptors (Lipinski definition) is 3. The molecule has 0 saturated heterocycles. The lowest BCUT2D eigenvalue weighted by molar-refractivity contribution is -0.384. The van der Waals surface area contributed by atoms with E-state index in [1.165, 1.54) is 31.4 Å². The van der Waals surface area contributed by atoms with Crippen molar-refractivity contribution in [2.45, 2.75) is 57.4 Å². The number of non-ortho nitro benzene ring substituents is 1. The summed E-state index contributed by atoms with van der Waals surface area (Å²) in [6.07, 6.45) is 6.25. The Morgan fingerprint density at radius 2 is 1.90 bits per heavy atom. The van der Waals surface area contributed by atoms with Gasteiger partial charge in [-0.05, 0) is 24.3 Å². The molecule has 0 radical (unpaired) electrons. The van der Waals surface area contributed by atoms with Crippen LogP contribution < -0.4 is 5.32 Å². The van der Waals surface area contributed by atoms with Gasteiger partial charge in [0.25, 0.3) is 5.69 Å². The van der Waals surface area contributed by atoms with E-state index in [4.69, 9.17) is 0 Å². The Bertz CT molecular complexity index is 493. The van der Waals surface area contributed by atoms with Crippen molar-refractivity contribution in [3.8, 4) is 0 Å². The van der Waals surface area contributed by atoms with Crippen molar-refractivity contribution in [2.75, 3.05) is 0 Å². The average Bonchev–Trinajstić information content (AvgIpc) is 2.48. The van der Waals surface area contributed by atoms with Crippen molar-refractivity contribution in [1.29, 1.82) is 0 Å². The van der Waals surface area contributed by atoms with Crippen molar-refractivity contribution in [2.24, 2.45) is 0 Å². The summed E-state index contributed by atoms with van der Waals surface area (Å²) in [5.41, 5.74) is 1.04. The van der Waals surface area contributed by atoms with Crippen LogP contribution in [0.25, 0.3) is 0 Å². The number of nitro benzene ring substituents is 1. The summed E-state index contributed by atoms with van der Waals surface area (Å²) in [6.45, 7) is 1.97. The fourth-order valence-corrected chi connectivity index (χ4v) is 2.85. The van der Waals surface area contributed by atoms with Gasteiger partial charge in [0.15, 0.2) is 0 Å². The smallest absolute Gasteiger partial charge is 0.269 e. The van der Waals surface area contributed by atoms with Crippen LogP contribution in [0.15, 0.2) is 24.3 Å². The summed E-state index contributed by atoms with van der Waals surface area (Å²) in [5, 5.41) is 13.7. The normalized spacial score (nSPS) is 17.2. The maximum atomic E-state index is 12.1. The molecule has 5 heteroatoms. The van der Waals surface area contributed by atoms with E-state index in [9.17, 15) is 14.9 Å². The third kappa shape index (κ3) is 4.55. The third-order valence-corrected chi connectivity index (χ3v) is 4.13. The Morgan fingerprint density at radius 3 is 2.48 bits per heavy atom. The molecular weight excluding hydrogens is 268 g/mol. The van der Waals surface area contributed by atoms with E-state index in [1.807, 2.05) is 6.92 Å². The van der Waals surface area contributed by atoms with Crippen LogP contribution in [0.1, 0.15) is 56.9 Å². The number of nitro groups is 1. The van der Waals surface area contributed by atoms with Crippen LogP contribution in [0.4, 0.5) is 5.69 Å². The molecule has 1 aromatic rings. The van der Waals surface area contributed by atoms with E-state index >= 15 is 0 Å². The number of nitrogens with one attached hydrogen (secondary N) is 1. The Balaban J connectivity index is 1.86. The van der Waals surface area contributed by atoms with E-state index in [1.54, 1.807) is 12.1 Å². The number of rotatable bonds is 5. The third-order valence-electron chi connectivity index (χ3n) is 4.13. The number of carbonyl (C=O) groups is 1. The molecule has 1 saturated carbocycles. The van der Waals surface area contributed by atoms with Gasteiger partial charge in [-0.3, -0.25) is 14.9 Å². The molecule has 0 bridgehead atoms. The predicted octanol–water partition coefficient (Wildman–Crippen LogP) is 3.54. The van der Waals surface area contributed by atoms with Gasteiger partial charge in [0, 0.05) is 24.6 Å². The van der Waals surface area contributed by atoms with Gasteiger partial charge in [-0.15, -0.1) is 0 Å². The number of amides is 1. The van der Waals surface area contributed by atoms with Crippen LogP contribution >= 0.6 is 0 Å². The molecule has 1 aliphatic carbocycles. The number of carbonyl (C=O) groups excluding carboxylic acids is 1. The first-order valence-electron chi connectivity index (χ1n) is 7.60. The van der Waals surface area contributed by atoms with Crippen molar-refractivity contribution in [3.05, 3.63) is 39.9 Å². The molecular formula is C16H22N2O3. The molecule has 1 N–H and O–H groups in total. The first-order valence-corrected chi connectivity index (χ1v) is 7.60. The zero-order valence-electron chi connectivity index (χ0n) is 12.4. The molecule has 1 unspecified atom stereocenters. The van der Waals surface area contributed by atoms with Gasteiger partial charge in [-0.25, -0.2) is 0 Å². The maximum Gasteiger partial charge on any atom is 0.269 e. The minimum Gasteiger partial charge on any atom is -0.353 e. The van der Waals surface area contributed by atoms with Crippen molar-refractivity contribution < 1.29 is 9.72 Å². The van der Waals surface area contributed by atoms with Crippen LogP contribution in [-0.2, 0) is 4.79 Å². The molecule has 0 spiro atoms. The lowest BCUT2D eigenvalue weighted by atomic mass is 9.94. The zero-order valence-corrected chi connectivity index (χ0v) is 12.4. The standard InChI is InChI=1S/C16H22N2O3/c1-12(13-7-9-15(10-8-13)18(20)21)11-16(19)17-14-5-3-2-4-6-14/h7-10,12,14H,2-6,11H2,1H3,(H,17,19). The summed E-state index contributed by atoms with van der Waals surface area (Å²) in [6, 6.07) is 6.78. The maximum absolute atomic E-state index is 12.1. The van der Waals surface area contributed by atoms with E-state index in [2.05, 4.69) is 5.32 Å². The lowest BCUT2D eigenvalue weighted by Gasteiger charge is -2.23. The van der Waals surface area contributed by atoms with Gasteiger partial charge in [-0.1, -0.05) is 38.3 Å².